The summed E-state index contributed by atoms with van der Waals surface area (Å²) in [4.78, 5) is 0. The smallest absolute Gasteiger partial charge is 0.119 e. The van der Waals surface area contributed by atoms with Crippen molar-refractivity contribution in [1.82, 2.24) is 5.32 Å². The first-order chi connectivity index (χ1) is 13.2. The molecule has 138 valence electrons. The molecule has 0 radical (unpaired) electrons. The lowest BCUT2D eigenvalue weighted by Crippen LogP contribution is -2.15. The van der Waals surface area contributed by atoms with Gasteiger partial charge >= 0.3 is 0 Å². The fraction of sp³-hybridized carbons (Fsp3) is 0.167. The molecule has 0 aliphatic carbocycles. The second kappa shape index (κ2) is 9.06. The Labute approximate surface area is 161 Å². The van der Waals surface area contributed by atoms with Gasteiger partial charge in [-0.15, -0.1) is 0 Å². The van der Waals surface area contributed by atoms with E-state index in [2.05, 4.69) is 36.5 Å². The number of phenolic OH excluding ortho intramolecular Hbond substituents is 1. The van der Waals surface area contributed by atoms with Crippen LogP contribution in [-0.2, 0) is 0 Å². The first-order valence-electron chi connectivity index (χ1n) is 9.12. The van der Waals surface area contributed by atoms with Gasteiger partial charge in [0, 0.05) is 6.54 Å². The standard InChI is InChI=1S/C24H25NO2/c1-18(19-6-4-3-5-7-19)24(20-8-12-22(26)13-9-20)21-10-14-23(15-11-21)27-17-16-25-2/h3-15,25-26H,16-17H2,1-2H3/b24-18-. The SMILES string of the molecule is CNCCOc1ccc(/C(=C(/C)c2ccccc2)c2ccc(O)cc2)cc1. The third kappa shape index (κ3) is 4.78. The summed E-state index contributed by atoms with van der Waals surface area (Å²) in [7, 11) is 1.91. The number of hydrogen-bond acceptors (Lipinski definition) is 3. The van der Waals surface area contributed by atoms with Crippen molar-refractivity contribution in [2.24, 2.45) is 0 Å². The van der Waals surface area contributed by atoms with Gasteiger partial charge < -0.3 is 15.2 Å². The first kappa shape index (κ1) is 18.7. The average molecular weight is 359 g/mol. The summed E-state index contributed by atoms with van der Waals surface area (Å²) in [5.74, 6) is 1.13. The van der Waals surface area contributed by atoms with Crippen LogP contribution >= 0.6 is 0 Å². The largest absolute Gasteiger partial charge is 0.508 e. The van der Waals surface area contributed by atoms with Gasteiger partial charge in [-0.1, -0.05) is 54.6 Å². The molecule has 0 aliphatic heterocycles. The van der Waals surface area contributed by atoms with Crippen LogP contribution in [0.25, 0.3) is 11.1 Å². The van der Waals surface area contributed by atoms with Gasteiger partial charge in [-0.05, 0) is 66.1 Å². The zero-order chi connectivity index (χ0) is 19.1. The zero-order valence-electron chi connectivity index (χ0n) is 15.8. The zero-order valence-corrected chi connectivity index (χ0v) is 15.8. The molecule has 0 aliphatic rings. The Morgan fingerprint density at radius 2 is 1.41 bits per heavy atom. The fourth-order valence-corrected chi connectivity index (χ4v) is 3.05. The molecular formula is C24H25NO2. The third-order valence-electron chi connectivity index (χ3n) is 4.50. The molecule has 3 heteroatoms. The molecular weight excluding hydrogens is 334 g/mol. The molecule has 0 spiro atoms. The van der Waals surface area contributed by atoms with Crippen LogP contribution in [-0.4, -0.2) is 25.3 Å². The number of ether oxygens (including phenoxy) is 1. The fourth-order valence-electron chi connectivity index (χ4n) is 3.05. The number of rotatable bonds is 7. The van der Waals surface area contributed by atoms with Crippen LogP contribution in [0.4, 0.5) is 0 Å². The van der Waals surface area contributed by atoms with Gasteiger partial charge in [0.15, 0.2) is 0 Å². The lowest BCUT2D eigenvalue weighted by Gasteiger charge is -2.15. The highest BCUT2D eigenvalue weighted by atomic mass is 16.5. The summed E-state index contributed by atoms with van der Waals surface area (Å²) in [6, 6.07) is 25.9. The summed E-state index contributed by atoms with van der Waals surface area (Å²) in [5.41, 5.74) is 5.68. The van der Waals surface area contributed by atoms with Gasteiger partial charge in [-0.2, -0.15) is 0 Å². The molecule has 0 saturated heterocycles. The van der Waals surface area contributed by atoms with Crippen LogP contribution < -0.4 is 10.1 Å². The molecule has 0 heterocycles. The van der Waals surface area contributed by atoms with E-state index in [1.54, 1.807) is 12.1 Å². The Morgan fingerprint density at radius 3 is 2.00 bits per heavy atom. The first-order valence-corrected chi connectivity index (χ1v) is 9.12. The molecule has 0 atom stereocenters. The highest BCUT2D eigenvalue weighted by molar-refractivity contribution is 5.97. The van der Waals surface area contributed by atoms with E-state index in [1.165, 1.54) is 11.1 Å². The van der Waals surface area contributed by atoms with Crippen molar-refractivity contribution in [3.63, 3.8) is 0 Å². The summed E-state index contributed by atoms with van der Waals surface area (Å²) < 4.78 is 5.74. The summed E-state index contributed by atoms with van der Waals surface area (Å²) in [6.45, 7) is 3.59. The number of phenols is 1. The van der Waals surface area contributed by atoms with Crippen molar-refractivity contribution < 1.29 is 9.84 Å². The van der Waals surface area contributed by atoms with E-state index in [0.717, 1.165) is 29.0 Å². The highest BCUT2D eigenvalue weighted by Gasteiger charge is 2.11. The van der Waals surface area contributed by atoms with E-state index in [-0.39, 0.29) is 5.75 Å². The molecule has 0 aromatic heterocycles. The number of nitrogens with one attached hydrogen (secondary N) is 1. The Bertz CT molecular complexity index is 882. The van der Waals surface area contributed by atoms with Crippen molar-refractivity contribution in [2.75, 3.05) is 20.2 Å². The van der Waals surface area contributed by atoms with Crippen LogP contribution in [0.3, 0.4) is 0 Å². The maximum absolute atomic E-state index is 9.67. The second-order valence-electron chi connectivity index (χ2n) is 6.39. The minimum atomic E-state index is 0.267. The number of allylic oxidation sites excluding steroid dienone is 1. The van der Waals surface area contributed by atoms with E-state index in [0.29, 0.717) is 6.61 Å². The van der Waals surface area contributed by atoms with Crippen molar-refractivity contribution in [2.45, 2.75) is 6.92 Å². The van der Waals surface area contributed by atoms with E-state index >= 15 is 0 Å². The van der Waals surface area contributed by atoms with Gasteiger partial charge in [0.1, 0.15) is 18.1 Å². The summed E-state index contributed by atoms with van der Waals surface area (Å²) in [5, 5.41) is 12.7. The Hall–Kier alpha value is -3.04. The predicted octanol–water partition coefficient (Wildman–Crippen LogP) is 4.97. The quantitative estimate of drug-likeness (QED) is 0.462. The van der Waals surface area contributed by atoms with Gasteiger partial charge in [0.2, 0.25) is 0 Å². The molecule has 0 unspecified atom stereocenters. The van der Waals surface area contributed by atoms with Crippen molar-refractivity contribution in [3.8, 4) is 11.5 Å². The second-order valence-corrected chi connectivity index (χ2v) is 6.39. The van der Waals surface area contributed by atoms with E-state index in [4.69, 9.17) is 4.74 Å². The van der Waals surface area contributed by atoms with E-state index in [9.17, 15) is 5.11 Å². The lowest BCUT2D eigenvalue weighted by atomic mass is 9.90. The molecule has 0 bridgehead atoms. The predicted molar refractivity (Wildman–Crippen MR) is 112 cm³/mol. The average Bonchev–Trinajstić information content (AvgIpc) is 2.71. The van der Waals surface area contributed by atoms with Crippen LogP contribution in [0.1, 0.15) is 23.6 Å². The molecule has 3 nitrogen and oxygen atoms in total. The Balaban J connectivity index is 2.01. The lowest BCUT2D eigenvalue weighted by molar-refractivity contribution is 0.318. The number of aromatic hydroxyl groups is 1. The monoisotopic (exact) mass is 359 g/mol. The Kier molecular flexibility index (Phi) is 6.29. The summed E-state index contributed by atoms with van der Waals surface area (Å²) >= 11 is 0. The minimum Gasteiger partial charge on any atom is -0.508 e. The van der Waals surface area contributed by atoms with Gasteiger partial charge in [0.05, 0.1) is 0 Å². The van der Waals surface area contributed by atoms with Gasteiger partial charge in [-0.3, -0.25) is 0 Å². The number of hydrogen-bond donors (Lipinski definition) is 2. The van der Waals surface area contributed by atoms with Crippen molar-refractivity contribution in [3.05, 3.63) is 95.6 Å². The molecule has 3 rings (SSSR count). The molecule has 2 N–H and O–H groups in total. The van der Waals surface area contributed by atoms with Crippen molar-refractivity contribution >= 4 is 11.1 Å². The van der Waals surface area contributed by atoms with Gasteiger partial charge in [-0.25, -0.2) is 0 Å². The summed E-state index contributed by atoms with van der Waals surface area (Å²) in [6.07, 6.45) is 0. The molecule has 0 amide bonds. The van der Waals surface area contributed by atoms with Crippen LogP contribution in [0.2, 0.25) is 0 Å². The van der Waals surface area contributed by atoms with E-state index < -0.39 is 0 Å². The number of benzene rings is 3. The van der Waals surface area contributed by atoms with Crippen LogP contribution in [0.15, 0.2) is 78.9 Å². The number of likely N-dealkylation sites (N-methyl/N-ethyl adjacent to an activating group) is 1. The normalized spacial score (nSPS) is 11.8. The Morgan fingerprint density at radius 1 is 0.815 bits per heavy atom. The van der Waals surface area contributed by atoms with Gasteiger partial charge in [0.25, 0.3) is 0 Å². The van der Waals surface area contributed by atoms with Crippen LogP contribution in [0.5, 0.6) is 11.5 Å². The van der Waals surface area contributed by atoms with E-state index in [1.807, 2.05) is 49.5 Å². The maximum Gasteiger partial charge on any atom is 0.119 e. The minimum absolute atomic E-state index is 0.267. The molecule has 27 heavy (non-hydrogen) atoms. The maximum atomic E-state index is 9.67. The molecule has 0 fully saturated rings. The van der Waals surface area contributed by atoms with Crippen LogP contribution in [0, 0.1) is 0 Å². The molecule has 3 aromatic rings. The molecule has 3 aromatic carbocycles. The highest BCUT2D eigenvalue weighted by Crippen LogP contribution is 2.33. The third-order valence-corrected chi connectivity index (χ3v) is 4.50. The molecule has 0 saturated carbocycles. The van der Waals surface area contributed by atoms with Crippen molar-refractivity contribution in [1.29, 1.82) is 0 Å². The topological polar surface area (TPSA) is 41.5 Å².